The summed E-state index contributed by atoms with van der Waals surface area (Å²) in [6.07, 6.45) is 1.76. The number of carbonyl (C=O) groups excluding carboxylic acids is 2. The summed E-state index contributed by atoms with van der Waals surface area (Å²) >= 11 is 0. The van der Waals surface area contributed by atoms with Gasteiger partial charge in [0, 0.05) is 29.4 Å². The Morgan fingerprint density at radius 3 is 2.33 bits per heavy atom. The molecule has 36 heavy (non-hydrogen) atoms. The minimum atomic E-state index is -0.143. The molecule has 1 fully saturated rings. The molecule has 0 bridgehead atoms. The highest BCUT2D eigenvalue weighted by molar-refractivity contribution is 6.04. The van der Waals surface area contributed by atoms with Crippen LogP contribution < -0.4 is 10.6 Å². The molecule has 0 radical (unpaired) electrons. The van der Waals surface area contributed by atoms with Crippen molar-refractivity contribution in [2.75, 3.05) is 31.3 Å². The Hall–Kier alpha value is -3.96. The average Bonchev–Trinajstić information content (AvgIpc) is 3.70. The monoisotopic (exact) mass is 477 g/mol. The summed E-state index contributed by atoms with van der Waals surface area (Å²) in [6, 6.07) is 29.7. The number of nitrogens with zero attached hydrogens (tertiary/aromatic N) is 1. The van der Waals surface area contributed by atoms with Gasteiger partial charge in [-0.2, -0.15) is 0 Å². The van der Waals surface area contributed by atoms with Crippen LogP contribution in [0.15, 0.2) is 91.0 Å². The first-order valence-electron chi connectivity index (χ1n) is 12.4. The molecule has 1 aliphatic rings. The fraction of sp³-hybridized carbons (Fsp3) is 0.226. The zero-order valence-electron chi connectivity index (χ0n) is 20.7. The molecule has 0 aromatic heterocycles. The molecule has 2 amide bonds. The van der Waals surface area contributed by atoms with Gasteiger partial charge in [0.15, 0.2) is 0 Å². The van der Waals surface area contributed by atoms with Gasteiger partial charge >= 0.3 is 0 Å². The van der Waals surface area contributed by atoms with Crippen LogP contribution in [0.4, 0.5) is 11.4 Å². The van der Waals surface area contributed by atoms with Gasteiger partial charge in [-0.1, -0.05) is 54.6 Å². The normalized spacial score (nSPS) is 16.6. The first-order valence-corrected chi connectivity index (χ1v) is 12.4. The molecule has 0 spiro atoms. The van der Waals surface area contributed by atoms with Crippen LogP contribution in [0.3, 0.4) is 0 Å². The Kier molecular flexibility index (Phi) is 6.83. The minimum Gasteiger partial charge on any atom is -0.326 e. The van der Waals surface area contributed by atoms with Crippen molar-refractivity contribution in [1.29, 1.82) is 0 Å². The van der Waals surface area contributed by atoms with E-state index in [1.54, 1.807) is 0 Å². The first kappa shape index (κ1) is 23.8. The minimum absolute atomic E-state index is 0.0273. The second kappa shape index (κ2) is 10.3. The van der Waals surface area contributed by atoms with Crippen LogP contribution in [0, 0.1) is 5.92 Å². The third-order valence-corrected chi connectivity index (χ3v) is 6.78. The van der Waals surface area contributed by atoms with Gasteiger partial charge < -0.3 is 15.5 Å². The summed E-state index contributed by atoms with van der Waals surface area (Å²) < 4.78 is 0. The van der Waals surface area contributed by atoms with Gasteiger partial charge in [0.25, 0.3) is 5.91 Å². The van der Waals surface area contributed by atoms with E-state index in [9.17, 15) is 9.59 Å². The van der Waals surface area contributed by atoms with Crippen LogP contribution in [-0.2, 0) is 11.2 Å². The zero-order valence-corrected chi connectivity index (χ0v) is 20.7. The van der Waals surface area contributed by atoms with Gasteiger partial charge in [0.05, 0.1) is 0 Å². The standard InChI is InChI=1S/C31H31N3O2/c1-34(2)17-16-21-10-13-26(14-11-21)32-30(35)25-9-5-8-24(18-25)28-20-29(28)31(36)33-27-15-12-22-6-3-4-7-23(22)19-27/h3-15,18-19,28-29H,16-17,20H2,1-2H3,(H,32,35)(H,33,36)/t28-,29+/m0/s1. The molecule has 4 aromatic carbocycles. The van der Waals surface area contributed by atoms with Gasteiger partial charge in [-0.3, -0.25) is 9.59 Å². The number of rotatable bonds is 8. The number of amides is 2. The number of carbonyl (C=O) groups is 2. The second-order valence-corrected chi connectivity index (χ2v) is 9.83. The summed E-state index contributed by atoms with van der Waals surface area (Å²) in [5.74, 6) is -0.0612. The van der Waals surface area contributed by atoms with Crippen molar-refractivity contribution in [1.82, 2.24) is 4.90 Å². The lowest BCUT2D eigenvalue weighted by Crippen LogP contribution is -2.15. The van der Waals surface area contributed by atoms with E-state index in [2.05, 4.69) is 47.8 Å². The summed E-state index contributed by atoms with van der Waals surface area (Å²) in [6.45, 7) is 0.987. The van der Waals surface area contributed by atoms with Crippen LogP contribution >= 0.6 is 0 Å². The second-order valence-electron chi connectivity index (χ2n) is 9.83. The van der Waals surface area contributed by atoms with E-state index in [0.29, 0.717) is 5.56 Å². The SMILES string of the molecule is CN(C)CCc1ccc(NC(=O)c2cccc([C@@H]3C[C@H]3C(=O)Nc3ccc4ccccc4c3)c2)cc1. The maximum atomic E-state index is 12.9. The van der Waals surface area contributed by atoms with E-state index in [4.69, 9.17) is 0 Å². The first-order chi connectivity index (χ1) is 17.5. The number of nitrogens with one attached hydrogen (secondary N) is 2. The summed E-state index contributed by atoms with van der Waals surface area (Å²) in [7, 11) is 4.12. The smallest absolute Gasteiger partial charge is 0.255 e. The molecule has 2 atom stereocenters. The van der Waals surface area contributed by atoms with E-state index in [1.807, 2.05) is 72.8 Å². The third-order valence-electron chi connectivity index (χ3n) is 6.78. The molecule has 5 rings (SSSR count). The zero-order chi connectivity index (χ0) is 25.1. The van der Waals surface area contributed by atoms with Gasteiger partial charge in [0.2, 0.25) is 5.91 Å². The Balaban J connectivity index is 1.19. The fourth-order valence-corrected chi connectivity index (χ4v) is 4.58. The van der Waals surface area contributed by atoms with Crippen LogP contribution in [0.25, 0.3) is 10.8 Å². The van der Waals surface area contributed by atoms with Crippen molar-refractivity contribution < 1.29 is 9.59 Å². The highest BCUT2D eigenvalue weighted by Gasteiger charge is 2.44. The highest BCUT2D eigenvalue weighted by Crippen LogP contribution is 2.48. The number of hydrogen-bond donors (Lipinski definition) is 2. The number of likely N-dealkylation sites (N-methyl/N-ethyl adjacent to an activating group) is 1. The van der Waals surface area contributed by atoms with Crippen molar-refractivity contribution in [2.45, 2.75) is 18.8 Å². The van der Waals surface area contributed by atoms with Gasteiger partial charge in [-0.25, -0.2) is 0 Å². The van der Waals surface area contributed by atoms with Gasteiger partial charge in [-0.15, -0.1) is 0 Å². The highest BCUT2D eigenvalue weighted by atomic mass is 16.2. The van der Waals surface area contributed by atoms with Crippen molar-refractivity contribution in [3.8, 4) is 0 Å². The Labute approximate surface area is 212 Å². The molecule has 4 aromatic rings. The van der Waals surface area contributed by atoms with Crippen LogP contribution in [0.2, 0.25) is 0 Å². The number of hydrogen-bond acceptors (Lipinski definition) is 3. The summed E-state index contributed by atoms with van der Waals surface area (Å²) in [5.41, 5.74) is 4.46. The number of benzene rings is 4. The fourth-order valence-electron chi connectivity index (χ4n) is 4.58. The average molecular weight is 478 g/mol. The Morgan fingerprint density at radius 1 is 0.806 bits per heavy atom. The molecule has 1 saturated carbocycles. The van der Waals surface area contributed by atoms with E-state index < -0.39 is 0 Å². The maximum absolute atomic E-state index is 12.9. The number of fused-ring (bicyclic) bond motifs is 1. The van der Waals surface area contributed by atoms with Crippen LogP contribution in [0.5, 0.6) is 0 Å². The topological polar surface area (TPSA) is 61.4 Å². The number of anilines is 2. The molecule has 182 valence electrons. The van der Waals surface area contributed by atoms with Crippen molar-refractivity contribution in [3.05, 3.63) is 108 Å². The third kappa shape index (κ3) is 5.64. The Bertz CT molecular complexity index is 1390. The predicted molar refractivity (Wildman–Crippen MR) is 147 cm³/mol. The summed E-state index contributed by atoms with van der Waals surface area (Å²) in [4.78, 5) is 27.9. The molecule has 0 saturated heterocycles. The predicted octanol–water partition coefficient (Wildman–Crippen LogP) is 5.94. The largest absolute Gasteiger partial charge is 0.326 e. The van der Waals surface area contributed by atoms with Crippen LogP contribution in [-0.4, -0.2) is 37.4 Å². The lowest BCUT2D eigenvalue weighted by molar-refractivity contribution is -0.117. The van der Waals surface area contributed by atoms with E-state index in [-0.39, 0.29) is 23.7 Å². The Morgan fingerprint density at radius 2 is 1.56 bits per heavy atom. The van der Waals surface area contributed by atoms with Crippen LogP contribution in [0.1, 0.15) is 33.8 Å². The lowest BCUT2D eigenvalue weighted by atomic mass is 10.0. The molecular formula is C31H31N3O2. The quantitative estimate of drug-likeness (QED) is 0.330. The molecule has 5 heteroatoms. The molecule has 0 unspecified atom stereocenters. The van der Waals surface area contributed by atoms with Gasteiger partial charge in [0.1, 0.15) is 0 Å². The lowest BCUT2D eigenvalue weighted by Gasteiger charge is -2.10. The van der Waals surface area contributed by atoms with E-state index in [1.165, 1.54) is 5.56 Å². The molecule has 1 aliphatic carbocycles. The van der Waals surface area contributed by atoms with Crippen molar-refractivity contribution >= 4 is 34.0 Å². The molecule has 5 nitrogen and oxygen atoms in total. The molecular weight excluding hydrogens is 446 g/mol. The van der Waals surface area contributed by atoms with E-state index in [0.717, 1.165) is 47.1 Å². The summed E-state index contributed by atoms with van der Waals surface area (Å²) in [5, 5.41) is 8.30. The molecule has 0 aliphatic heterocycles. The van der Waals surface area contributed by atoms with Crippen molar-refractivity contribution in [2.24, 2.45) is 5.92 Å². The maximum Gasteiger partial charge on any atom is 0.255 e. The van der Waals surface area contributed by atoms with Gasteiger partial charge in [-0.05, 0) is 91.2 Å². The van der Waals surface area contributed by atoms with Crippen molar-refractivity contribution in [3.63, 3.8) is 0 Å². The molecule has 2 N–H and O–H groups in total. The molecule has 0 heterocycles. The van der Waals surface area contributed by atoms with E-state index >= 15 is 0 Å².